The molecule has 0 bridgehead atoms. The van der Waals surface area contributed by atoms with E-state index >= 15 is 0 Å². The average Bonchev–Trinajstić information content (AvgIpc) is 3.32. The summed E-state index contributed by atoms with van der Waals surface area (Å²) in [6.07, 6.45) is 9.43. The molecule has 2 aliphatic carbocycles. The maximum absolute atomic E-state index is 12.2. The fourth-order valence-corrected chi connectivity index (χ4v) is 4.61. The Morgan fingerprint density at radius 3 is 2.85 bits per heavy atom. The Bertz CT molecular complexity index is 885. The zero-order valence-corrected chi connectivity index (χ0v) is 16.3. The van der Waals surface area contributed by atoms with Gasteiger partial charge < -0.3 is 9.88 Å². The Hall–Kier alpha value is -2.34. The zero-order valence-electron chi connectivity index (χ0n) is 15.5. The highest BCUT2D eigenvalue weighted by Crippen LogP contribution is 2.39. The van der Waals surface area contributed by atoms with Crippen LogP contribution in [0, 0.1) is 0 Å². The highest BCUT2D eigenvalue weighted by molar-refractivity contribution is 7.99. The topological polar surface area (TPSA) is 59.8 Å². The first-order valence-corrected chi connectivity index (χ1v) is 10.5. The van der Waals surface area contributed by atoms with Gasteiger partial charge in [0.25, 0.3) is 0 Å². The van der Waals surface area contributed by atoms with Crippen molar-refractivity contribution in [3.63, 3.8) is 0 Å². The number of rotatable bonds is 6. The maximum atomic E-state index is 12.2. The van der Waals surface area contributed by atoms with E-state index in [2.05, 4.69) is 39.2 Å². The SMILES string of the molecule is CCn1c(SCC(=O)Nc2ccccc2)nnc1C1C=C2CCCC2=CC1. The Morgan fingerprint density at radius 1 is 1.22 bits per heavy atom. The molecule has 6 heteroatoms. The molecular weight excluding hydrogens is 356 g/mol. The Labute approximate surface area is 164 Å². The standard InChI is InChI=1S/C21H24N4OS/c1-2-25-20(17-12-11-15-7-6-8-16(15)13-17)23-24-21(25)27-14-19(26)22-18-9-4-3-5-10-18/h3-5,9-11,13,17H,2,6-8,12,14H2,1H3,(H,22,26). The fourth-order valence-electron chi connectivity index (χ4n) is 3.80. The number of hydrogen-bond acceptors (Lipinski definition) is 4. The predicted octanol–water partition coefficient (Wildman–Crippen LogP) is 4.55. The summed E-state index contributed by atoms with van der Waals surface area (Å²) in [6, 6.07) is 9.52. The number of carbonyl (C=O) groups is 1. The van der Waals surface area contributed by atoms with E-state index in [4.69, 9.17) is 0 Å². The third-order valence-electron chi connectivity index (χ3n) is 5.11. The lowest BCUT2D eigenvalue weighted by Gasteiger charge is -2.18. The summed E-state index contributed by atoms with van der Waals surface area (Å²) in [6.45, 7) is 2.91. The number of allylic oxidation sites excluding steroid dienone is 4. The van der Waals surface area contributed by atoms with Crippen molar-refractivity contribution in [3.8, 4) is 0 Å². The number of nitrogens with zero attached hydrogens (tertiary/aromatic N) is 3. The number of aromatic nitrogens is 3. The van der Waals surface area contributed by atoms with E-state index in [1.165, 1.54) is 42.2 Å². The summed E-state index contributed by atoms with van der Waals surface area (Å²) in [5, 5.41) is 12.6. The van der Waals surface area contributed by atoms with Crippen molar-refractivity contribution in [2.75, 3.05) is 11.1 Å². The molecule has 1 fully saturated rings. The van der Waals surface area contributed by atoms with Crippen molar-refractivity contribution >= 4 is 23.4 Å². The molecule has 1 atom stereocenters. The molecule has 1 N–H and O–H groups in total. The third kappa shape index (κ3) is 4.00. The van der Waals surface area contributed by atoms with Gasteiger partial charge in [-0.1, -0.05) is 42.1 Å². The molecule has 1 saturated carbocycles. The van der Waals surface area contributed by atoms with Crippen LogP contribution in [0.4, 0.5) is 5.69 Å². The van der Waals surface area contributed by atoms with Crippen LogP contribution in [0.3, 0.4) is 0 Å². The maximum Gasteiger partial charge on any atom is 0.234 e. The molecule has 2 aliphatic rings. The molecule has 1 unspecified atom stereocenters. The van der Waals surface area contributed by atoms with E-state index in [9.17, 15) is 4.79 Å². The summed E-state index contributed by atoms with van der Waals surface area (Å²) in [5.74, 6) is 1.60. The molecule has 2 aromatic rings. The van der Waals surface area contributed by atoms with Gasteiger partial charge in [-0.2, -0.15) is 0 Å². The first-order valence-electron chi connectivity index (χ1n) is 9.55. The van der Waals surface area contributed by atoms with E-state index in [0.29, 0.717) is 11.7 Å². The van der Waals surface area contributed by atoms with Crippen molar-refractivity contribution in [1.29, 1.82) is 0 Å². The van der Waals surface area contributed by atoms with Crippen LogP contribution in [-0.2, 0) is 11.3 Å². The molecule has 1 aromatic carbocycles. The number of fused-ring (bicyclic) bond motifs is 1. The lowest BCUT2D eigenvalue weighted by Crippen LogP contribution is -2.15. The molecule has 0 spiro atoms. The molecule has 140 valence electrons. The van der Waals surface area contributed by atoms with Gasteiger partial charge in [-0.3, -0.25) is 4.79 Å². The van der Waals surface area contributed by atoms with Gasteiger partial charge in [-0.15, -0.1) is 10.2 Å². The van der Waals surface area contributed by atoms with Gasteiger partial charge in [0.2, 0.25) is 5.91 Å². The van der Waals surface area contributed by atoms with Gasteiger partial charge in [0.05, 0.1) is 5.75 Å². The number of benzene rings is 1. The predicted molar refractivity (Wildman–Crippen MR) is 109 cm³/mol. The summed E-state index contributed by atoms with van der Waals surface area (Å²) in [5.41, 5.74) is 3.84. The molecule has 5 nitrogen and oxygen atoms in total. The minimum Gasteiger partial charge on any atom is -0.325 e. The minimum atomic E-state index is -0.0308. The van der Waals surface area contributed by atoms with Gasteiger partial charge in [-0.05, 0) is 55.9 Å². The van der Waals surface area contributed by atoms with E-state index < -0.39 is 0 Å². The quantitative estimate of drug-likeness (QED) is 0.747. The summed E-state index contributed by atoms with van der Waals surface area (Å²) in [4.78, 5) is 12.2. The first kappa shape index (κ1) is 18.0. The fraction of sp³-hybridized carbons (Fsp3) is 0.381. The first-order chi connectivity index (χ1) is 13.2. The van der Waals surface area contributed by atoms with Crippen LogP contribution in [0.15, 0.2) is 58.8 Å². The Balaban J connectivity index is 1.42. The Kier molecular flexibility index (Phi) is 5.43. The second-order valence-corrected chi connectivity index (χ2v) is 7.85. The van der Waals surface area contributed by atoms with Crippen molar-refractivity contribution in [2.24, 2.45) is 0 Å². The number of para-hydroxylation sites is 1. The molecule has 0 radical (unpaired) electrons. The number of thioether (sulfide) groups is 1. The Morgan fingerprint density at radius 2 is 2.04 bits per heavy atom. The average molecular weight is 381 g/mol. The van der Waals surface area contributed by atoms with E-state index in [1.807, 2.05) is 30.3 Å². The van der Waals surface area contributed by atoms with Crippen LogP contribution in [0.25, 0.3) is 0 Å². The van der Waals surface area contributed by atoms with Crippen molar-refractivity contribution in [3.05, 3.63) is 59.5 Å². The van der Waals surface area contributed by atoms with Crippen LogP contribution in [0.5, 0.6) is 0 Å². The highest BCUT2D eigenvalue weighted by Gasteiger charge is 2.25. The second-order valence-electron chi connectivity index (χ2n) is 6.90. The highest BCUT2D eigenvalue weighted by atomic mass is 32.2. The number of amides is 1. The van der Waals surface area contributed by atoms with Gasteiger partial charge in [0.1, 0.15) is 5.82 Å². The molecule has 1 heterocycles. The van der Waals surface area contributed by atoms with Crippen LogP contribution in [0.2, 0.25) is 0 Å². The molecule has 4 rings (SSSR count). The van der Waals surface area contributed by atoms with Crippen LogP contribution in [-0.4, -0.2) is 26.4 Å². The summed E-state index contributed by atoms with van der Waals surface area (Å²) in [7, 11) is 0. The number of hydrogen-bond donors (Lipinski definition) is 1. The zero-order chi connectivity index (χ0) is 18.6. The molecule has 0 aliphatic heterocycles. The van der Waals surface area contributed by atoms with E-state index in [0.717, 1.165) is 29.6 Å². The van der Waals surface area contributed by atoms with Gasteiger partial charge >= 0.3 is 0 Å². The van der Waals surface area contributed by atoms with Crippen molar-refractivity contribution < 1.29 is 4.79 Å². The lowest BCUT2D eigenvalue weighted by atomic mass is 9.91. The monoisotopic (exact) mass is 380 g/mol. The third-order valence-corrected chi connectivity index (χ3v) is 6.08. The van der Waals surface area contributed by atoms with Crippen LogP contribution < -0.4 is 5.32 Å². The van der Waals surface area contributed by atoms with Gasteiger partial charge in [-0.25, -0.2) is 0 Å². The molecule has 27 heavy (non-hydrogen) atoms. The van der Waals surface area contributed by atoms with Crippen LogP contribution >= 0.6 is 11.8 Å². The lowest BCUT2D eigenvalue weighted by molar-refractivity contribution is -0.113. The second kappa shape index (κ2) is 8.13. The van der Waals surface area contributed by atoms with E-state index in [-0.39, 0.29) is 5.91 Å². The summed E-state index contributed by atoms with van der Waals surface area (Å²) >= 11 is 1.44. The molecule has 0 saturated heterocycles. The molecule has 1 aromatic heterocycles. The minimum absolute atomic E-state index is 0.0308. The molecular formula is C21H24N4OS. The van der Waals surface area contributed by atoms with Crippen molar-refractivity contribution in [1.82, 2.24) is 14.8 Å². The van der Waals surface area contributed by atoms with Crippen molar-refractivity contribution in [2.45, 2.75) is 50.2 Å². The number of nitrogens with one attached hydrogen (secondary N) is 1. The van der Waals surface area contributed by atoms with E-state index in [1.54, 1.807) is 0 Å². The summed E-state index contributed by atoms with van der Waals surface area (Å²) < 4.78 is 2.15. The largest absolute Gasteiger partial charge is 0.325 e. The van der Waals surface area contributed by atoms with Gasteiger partial charge in [0, 0.05) is 18.2 Å². The van der Waals surface area contributed by atoms with Gasteiger partial charge in [0.15, 0.2) is 5.16 Å². The number of anilines is 1. The normalized spacial score (nSPS) is 18.6. The smallest absolute Gasteiger partial charge is 0.234 e. The molecule has 1 amide bonds. The van der Waals surface area contributed by atoms with Crippen LogP contribution in [0.1, 0.15) is 44.3 Å². The number of carbonyl (C=O) groups excluding carboxylic acids is 1.